The number of carboxylic acid groups (broad SMARTS) is 1. The second kappa shape index (κ2) is 38.1. The van der Waals surface area contributed by atoms with Crippen LogP contribution in [0.4, 0.5) is 0 Å². The number of hydrogen-bond acceptors (Lipinski definition) is 6. The topological polar surface area (TPSA) is 99.1 Å². The van der Waals surface area contributed by atoms with Crippen LogP contribution in [0.1, 0.15) is 136 Å². The number of likely N-dealkylation sites (N-methyl/N-ethyl adjacent to an activating group) is 1. The lowest BCUT2D eigenvalue weighted by molar-refractivity contribution is -0.887. The normalized spacial score (nSPS) is 13.9. The van der Waals surface area contributed by atoms with Gasteiger partial charge in [0.05, 0.1) is 40.8 Å². The number of allylic oxidation sites excluding steroid dienone is 15. The molecule has 0 spiro atoms. The number of rotatable bonds is 36. The lowest BCUT2D eigenvalue weighted by atomic mass is 10.1. The highest BCUT2D eigenvalue weighted by molar-refractivity contribution is 5.72. The molecule has 0 saturated carbocycles. The standard InChI is InChI=1S/C48H77NO7/c1-6-8-10-12-14-16-18-20-22-23-25-26-28-30-32-34-36-38-46(50)55-43-44(42-54-41-40-45(48(52)53)49(3,4)5)56-47(51)39-37-35-33-31-29-27-24-21-19-17-15-13-11-9-7-2/h8-11,14-17,20-22,24,29,31,35,37,44-45H,6-7,12-13,18-19,23,25-28,30,32-34,36,38-43H2,1-5H3/p+1/b10-8-,11-9-,16-14-,17-15-,22-20-,24-21-,31-29-,37-35-. The first-order valence-corrected chi connectivity index (χ1v) is 21.3. The Labute approximate surface area is 341 Å². The molecule has 0 radical (unpaired) electrons. The summed E-state index contributed by atoms with van der Waals surface area (Å²) in [7, 11) is 5.48. The quantitative estimate of drug-likeness (QED) is 0.0292. The first-order chi connectivity index (χ1) is 27.1. The maximum Gasteiger partial charge on any atom is 0.362 e. The van der Waals surface area contributed by atoms with Gasteiger partial charge < -0.3 is 23.8 Å². The van der Waals surface area contributed by atoms with E-state index in [4.69, 9.17) is 14.2 Å². The van der Waals surface area contributed by atoms with E-state index in [1.807, 2.05) is 27.2 Å². The van der Waals surface area contributed by atoms with Gasteiger partial charge in [-0.1, -0.05) is 143 Å². The van der Waals surface area contributed by atoms with E-state index in [-0.39, 0.29) is 36.7 Å². The molecule has 0 aliphatic rings. The number of carbonyl (C=O) groups excluding carboxylic acids is 2. The minimum absolute atomic E-state index is 0.0119. The number of ether oxygens (including phenoxy) is 3. The molecule has 1 N–H and O–H groups in total. The first kappa shape index (κ1) is 52.2. The van der Waals surface area contributed by atoms with Crippen molar-refractivity contribution in [3.05, 3.63) is 97.2 Å². The van der Waals surface area contributed by atoms with Gasteiger partial charge >= 0.3 is 17.9 Å². The van der Waals surface area contributed by atoms with Crippen molar-refractivity contribution >= 4 is 17.9 Å². The van der Waals surface area contributed by atoms with Gasteiger partial charge in [0.2, 0.25) is 0 Å². The summed E-state index contributed by atoms with van der Waals surface area (Å²) in [5, 5.41) is 9.61. The average Bonchev–Trinajstić information content (AvgIpc) is 3.15. The van der Waals surface area contributed by atoms with Crippen molar-refractivity contribution in [2.45, 2.75) is 148 Å². The number of hydrogen-bond donors (Lipinski definition) is 1. The van der Waals surface area contributed by atoms with Gasteiger partial charge in [0.15, 0.2) is 12.1 Å². The van der Waals surface area contributed by atoms with Crippen LogP contribution in [-0.4, -0.2) is 80.6 Å². The van der Waals surface area contributed by atoms with Gasteiger partial charge in [-0.15, -0.1) is 0 Å². The van der Waals surface area contributed by atoms with Crippen LogP contribution < -0.4 is 0 Å². The van der Waals surface area contributed by atoms with Crippen LogP contribution in [0.2, 0.25) is 0 Å². The van der Waals surface area contributed by atoms with E-state index in [0.717, 1.165) is 77.0 Å². The van der Waals surface area contributed by atoms with E-state index in [9.17, 15) is 19.5 Å². The minimum atomic E-state index is -0.895. The Morgan fingerprint density at radius 2 is 1.00 bits per heavy atom. The SMILES string of the molecule is CC/C=C\C/C=C\C/C=C\C/C=C\C/C=C\CC(=O)OC(COCCC(C(=O)O)[N+](C)(C)C)COC(=O)CCCCCCCCC/C=C\C/C=C\C/C=C\CC. The number of esters is 2. The fraction of sp³-hybridized carbons (Fsp3) is 0.604. The smallest absolute Gasteiger partial charge is 0.362 e. The van der Waals surface area contributed by atoms with E-state index in [2.05, 4.69) is 98.9 Å². The molecule has 316 valence electrons. The molecule has 0 aromatic heterocycles. The first-order valence-electron chi connectivity index (χ1n) is 21.3. The second-order valence-corrected chi connectivity index (χ2v) is 14.8. The fourth-order valence-electron chi connectivity index (χ4n) is 5.53. The predicted molar refractivity (Wildman–Crippen MR) is 233 cm³/mol. The molecule has 0 heterocycles. The summed E-state index contributed by atoms with van der Waals surface area (Å²) in [4.78, 5) is 36.9. The Kier molecular flexibility index (Phi) is 35.6. The highest BCUT2D eigenvalue weighted by Crippen LogP contribution is 2.12. The molecule has 0 rings (SSSR count). The molecule has 56 heavy (non-hydrogen) atoms. The van der Waals surface area contributed by atoms with Crippen molar-refractivity contribution in [2.24, 2.45) is 0 Å². The maximum absolute atomic E-state index is 12.6. The molecule has 0 aromatic carbocycles. The molecule has 8 heteroatoms. The van der Waals surface area contributed by atoms with Crippen LogP contribution in [0.15, 0.2) is 97.2 Å². The molecule has 0 fully saturated rings. The van der Waals surface area contributed by atoms with E-state index in [0.29, 0.717) is 19.3 Å². The maximum atomic E-state index is 12.6. The van der Waals surface area contributed by atoms with Crippen molar-refractivity contribution in [3.8, 4) is 0 Å². The Morgan fingerprint density at radius 1 is 0.554 bits per heavy atom. The average molecular weight is 781 g/mol. The minimum Gasteiger partial charge on any atom is -0.477 e. The monoisotopic (exact) mass is 781 g/mol. The predicted octanol–water partition coefficient (Wildman–Crippen LogP) is 11.5. The molecule has 0 bridgehead atoms. The molecule has 0 amide bonds. The second-order valence-electron chi connectivity index (χ2n) is 14.8. The Bertz CT molecular complexity index is 1230. The van der Waals surface area contributed by atoms with Crippen LogP contribution in [0.3, 0.4) is 0 Å². The summed E-state index contributed by atoms with van der Waals surface area (Å²) in [6.45, 7) is 4.37. The fourth-order valence-corrected chi connectivity index (χ4v) is 5.53. The summed E-state index contributed by atoms with van der Waals surface area (Å²) in [5.41, 5.74) is 0. The summed E-state index contributed by atoms with van der Waals surface area (Å²) in [5.74, 6) is -1.66. The van der Waals surface area contributed by atoms with Crippen LogP contribution >= 0.6 is 0 Å². The molecule has 2 atom stereocenters. The molecule has 2 unspecified atom stereocenters. The van der Waals surface area contributed by atoms with Gasteiger partial charge in [-0.3, -0.25) is 9.59 Å². The third-order valence-electron chi connectivity index (χ3n) is 8.76. The zero-order chi connectivity index (χ0) is 41.4. The van der Waals surface area contributed by atoms with Gasteiger partial charge in [0, 0.05) is 12.8 Å². The number of carbonyl (C=O) groups is 3. The zero-order valence-corrected chi connectivity index (χ0v) is 35.8. The van der Waals surface area contributed by atoms with Crippen molar-refractivity contribution < 1.29 is 38.2 Å². The van der Waals surface area contributed by atoms with Crippen LogP contribution in [0.5, 0.6) is 0 Å². The molecule has 0 aliphatic carbocycles. The van der Waals surface area contributed by atoms with E-state index >= 15 is 0 Å². The van der Waals surface area contributed by atoms with Crippen molar-refractivity contribution in [1.29, 1.82) is 0 Å². The van der Waals surface area contributed by atoms with Crippen LogP contribution in [0, 0.1) is 0 Å². The molecular formula is C48H78NO7+. The lowest BCUT2D eigenvalue weighted by Gasteiger charge is -2.31. The molecule has 0 aliphatic heterocycles. The van der Waals surface area contributed by atoms with Gasteiger partial charge in [0.25, 0.3) is 0 Å². The largest absolute Gasteiger partial charge is 0.477 e. The Balaban J connectivity index is 4.52. The number of quaternary nitrogens is 1. The van der Waals surface area contributed by atoms with Crippen LogP contribution in [0.25, 0.3) is 0 Å². The van der Waals surface area contributed by atoms with Crippen molar-refractivity contribution in [1.82, 2.24) is 0 Å². The molecule has 0 saturated heterocycles. The Hall–Kier alpha value is -3.75. The van der Waals surface area contributed by atoms with Crippen molar-refractivity contribution in [3.63, 3.8) is 0 Å². The van der Waals surface area contributed by atoms with Crippen molar-refractivity contribution in [2.75, 3.05) is 41.0 Å². The number of aliphatic carboxylic acids is 1. The zero-order valence-electron chi connectivity index (χ0n) is 35.8. The number of nitrogens with zero attached hydrogens (tertiary/aromatic N) is 1. The molecule has 8 nitrogen and oxygen atoms in total. The van der Waals surface area contributed by atoms with E-state index in [1.165, 1.54) is 19.3 Å². The third kappa shape index (κ3) is 35.9. The highest BCUT2D eigenvalue weighted by Gasteiger charge is 2.31. The highest BCUT2D eigenvalue weighted by atomic mass is 16.6. The Morgan fingerprint density at radius 3 is 1.48 bits per heavy atom. The molecular weight excluding hydrogens is 703 g/mol. The van der Waals surface area contributed by atoms with E-state index < -0.39 is 24.1 Å². The van der Waals surface area contributed by atoms with Crippen LogP contribution in [-0.2, 0) is 28.6 Å². The molecule has 0 aromatic rings. The summed E-state index contributed by atoms with van der Waals surface area (Å²) >= 11 is 0. The lowest BCUT2D eigenvalue weighted by Crippen LogP contribution is -2.50. The van der Waals surface area contributed by atoms with E-state index in [1.54, 1.807) is 6.08 Å². The summed E-state index contributed by atoms with van der Waals surface area (Å²) in [6, 6.07) is -0.637. The summed E-state index contributed by atoms with van der Waals surface area (Å²) in [6.07, 6.45) is 50.5. The summed E-state index contributed by atoms with van der Waals surface area (Å²) < 4.78 is 17.1. The van der Waals surface area contributed by atoms with Gasteiger partial charge in [-0.05, 0) is 70.6 Å². The van der Waals surface area contributed by atoms with Gasteiger partial charge in [0.1, 0.15) is 6.61 Å². The number of unbranched alkanes of at least 4 members (excludes halogenated alkanes) is 7. The third-order valence-corrected chi connectivity index (χ3v) is 8.76. The number of carboxylic acids is 1. The van der Waals surface area contributed by atoms with Gasteiger partial charge in [-0.25, -0.2) is 4.79 Å². The van der Waals surface area contributed by atoms with Gasteiger partial charge in [-0.2, -0.15) is 0 Å².